The molecule has 2 nitrogen and oxygen atoms in total. The Kier molecular flexibility index (Phi) is 1.99. The van der Waals surface area contributed by atoms with Crippen LogP contribution in [0, 0.1) is 11.8 Å². The minimum Gasteiger partial charge on any atom is -0.291 e. The normalized spacial score (nSPS) is 24.3. The predicted molar refractivity (Wildman–Crippen MR) is 44.7 cm³/mol. The van der Waals surface area contributed by atoms with Crippen molar-refractivity contribution in [2.24, 2.45) is 11.8 Å². The summed E-state index contributed by atoms with van der Waals surface area (Å²) in [6, 6.07) is 0. The SMILES string of the molecule is O=C(C(=O)C1CCC1)C1CCC1. The van der Waals surface area contributed by atoms with Gasteiger partial charge in [-0.25, -0.2) is 0 Å². The lowest BCUT2D eigenvalue weighted by molar-refractivity contribution is -0.144. The van der Waals surface area contributed by atoms with Crippen molar-refractivity contribution in [3.8, 4) is 0 Å². The average Bonchev–Trinajstić information content (AvgIpc) is 1.79. The molecule has 2 heteroatoms. The van der Waals surface area contributed by atoms with Gasteiger partial charge in [0.2, 0.25) is 11.6 Å². The van der Waals surface area contributed by atoms with Gasteiger partial charge in [0.05, 0.1) is 0 Å². The van der Waals surface area contributed by atoms with E-state index in [0.717, 1.165) is 38.5 Å². The third kappa shape index (κ3) is 1.19. The summed E-state index contributed by atoms with van der Waals surface area (Å²) >= 11 is 0. The molecule has 12 heavy (non-hydrogen) atoms. The van der Waals surface area contributed by atoms with Crippen LogP contribution in [0.5, 0.6) is 0 Å². The highest BCUT2D eigenvalue weighted by Gasteiger charge is 2.36. The van der Waals surface area contributed by atoms with E-state index in [1.807, 2.05) is 0 Å². The van der Waals surface area contributed by atoms with Gasteiger partial charge in [-0.3, -0.25) is 9.59 Å². The monoisotopic (exact) mass is 166 g/mol. The zero-order chi connectivity index (χ0) is 8.55. The van der Waals surface area contributed by atoms with Crippen LogP contribution in [0.2, 0.25) is 0 Å². The van der Waals surface area contributed by atoms with E-state index in [-0.39, 0.29) is 23.4 Å². The molecule has 0 N–H and O–H groups in total. The second-order valence-electron chi connectivity index (χ2n) is 3.98. The second kappa shape index (κ2) is 3.00. The van der Waals surface area contributed by atoms with Gasteiger partial charge in [-0.2, -0.15) is 0 Å². The van der Waals surface area contributed by atoms with Crippen LogP contribution in [0.3, 0.4) is 0 Å². The lowest BCUT2D eigenvalue weighted by Crippen LogP contribution is -2.35. The summed E-state index contributed by atoms with van der Waals surface area (Å²) < 4.78 is 0. The number of carbonyl (C=O) groups is 2. The Morgan fingerprint density at radius 1 is 0.750 bits per heavy atom. The van der Waals surface area contributed by atoms with Crippen molar-refractivity contribution in [1.29, 1.82) is 0 Å². The largest absolute Gasteiger partial charge is 0.291 e. The van der Waals surface area contributed by atoms with Gasteiger partial charge in [-0.1, -0.05) is 12.8 Å². The zero-order valence-electron chi connectivity index (χ0n) is 7.21. The summed E-state index contributed by atoms with van der Waals surface area (Å²) in [6.45, 7) is 0. The lowest BCUT2D eigenvalue weighted by Gasteiger charge is -2.28. The van der Waals surface area contributed by atoms with Crippen LogP contribution in [0.4, 0.5) is 0 Å². The molecular weight excluding hydrogens is 152 g/mol. The fourth-order valence-electron chi connectivity index (χ4n) is 1.74. The molecule has 2 aliphatic carbocycles. The number of hydrogen-bond acceptors (Lipinski definition) is 2. The van der Waals surface area contributed by atoms with Crippen LogP contribution in [0.15, 0.2) is 0 Å². The summed E-state index contributed by atoms with van der Waals surface area (Å²) in [4.78, 5) is 22.8. The molecule has 2 aliphatic rings. The summed E-state index contributed by atoms with van der Waals surface area (Å²) in [6.07, 6.45) is 6.09. The molecule has 0 aromatic heterocycles. The summed E-state index contributed by atoms with van der Waals surface area (Å²) in [7, 11) is 0. The summed E-state index contributed by atoms with van der Waals surface area (Å²) in [5.41, 5.74) is 0. The number of carbonyl (C=O) groups excluding carboxylic acids is 2. The zero-order valence-corrected chi connectivity index (χ0v) is 7.21. The molecule has 0 aromatic rings. The Labute approximate surface area is 72.3 Å². The predicted octanol–water partition coefficient (Wildman–Crippen LogP) is 1.72. The maximum Gasteiger partial charge on any atom is 0.201 e. The molecule has 0 radical (unpaired) electrons. The van der Waals surface area contributed by atoms with Gasteiger partial charge in [-0.15, -0.1) is 0 Å². The Bertz CT molecular complexity index is 188. The maximum absolute atomic E-state index is 11.4. The molecule has 2 rings (SSSR count). The van der Waals surface area contributed by atoms with Gasteiger partial charge < -0.3 is 0 Å². The van der Waals surface area contributed by atoms with E-state index in [2.05, 4.69) is 0 Å². The number of hydrogen-bond donors (Lipinski definition) is 0. The molecule has 66 valence electrons. The van der Waals surface area contributed by atoms with Crippen LogP contribution < -0.4 is 0 Å². The molecule has 0 bridgehead atoms. The number of rotatable bonds is 3. The molecule has 2 saturated carbocycles. The Morgan fingerprint density at radius 2 is 1.08 bits per heavy atom. The van der Waals surface area contributed by atoms with E-state index in [1.54, 1.807) is 0 Å². The fraction of sp³-hybridized carbons (Fsp3) is 0.800. The topological polar surface area (TPSA) is 34.1 Å². The van der Waals surface area contributed by atoms with Crippen LogP contribution in [0.1, 0.15) is 38.5 Å². The molecule has 0 atom stereocenters. The lowest BCUT2D eigenvalue weighted by atomic mass is 9.74. The molecule has 0 unspecified atom stereocenters. The molecular formula is C10H14O2. The highest BCUT2D eigenvalue weighted by atomic mass is 16.2. The Morgan fingerprint density at radius 3 is 1.25 bits per heavy atom. The van der Waals surface area contributed by atoms with Gasteiger partial charge in [-0.05, 0) is 25.7 Å². The van der Waals surface area contributed by atoms with E-state index in [1.165, 1.54) is 0 Å². The fourth-order valence-corrected chi connectivity index (χ4v) is 1.74. The van der Waals surface area contributed by atoms with Crippen molar-refractivity contribution < 1.29 is 9.59 Å². The van der Waals surface area contributed by atoms with Crippen molar-refractivity contribution in [2.45, 2.75) is 38.5 Å². The van der Waals surface area contributed by atoms with E-state index >= 15 is 0 Å². The van der Waals surface area contributed by atoms with Gasteiger partial charge in [0.25, 0.3) is 0 Å². The molecule has 2 fully saturated rings. The molecule has 0 spiro atoms. The van der Waals surface area contributed by atoms with Crippen LogP contribution in [-0.4, -0.2) is 11.6 Å². The third-order valence-corrected chi connectivity index (χ3v) is 3.19. The van der Waals surface area contributed by atoms with Crippen molar-refractivity contribution >= 4 is 11.6 Å². The van der Waals surface area contributed by atoms with Crippen molar-refractivity contribution in [1.82, 2.24) is 0 Å². The Balaban J connectivity index is 1.89. The van der Waals surface area contributed by atoms with Gasteiger partial charge in [0.15, 0.2) is 0 Å². The van der Waals surface area contributed by atoms with Gasteiger partial charge >= 0.3 is 0 Å². The standard InChI is InChI=1S/C10H14O2/c11-9(7-3-1-4-7)10(12)8-5-2-6-8/h7-8H,1-6H2. The maximum atomic E-state index is 11.4. The molecule has 0 aliphatic heterocycles. The van der Waals surface area contributed by atoms with E-state index in [4.69, 9.17) is 0 Å². The Hall–Kier alpha value is -0.660. The molecule has 0 amide bonds. The minimum absolute atomic E-state index is 0.0639. The summed E-state index contributed by atoms with van der Waals surface area (Å²) in [5.74, 6) is 0.0908. The van der Waals surface area contributed by atoms with Gasteiger partial charge in [0.1, 0.15) is 0 Å². The van der Waals surface area contributed by atoms with E-state index < -0.39 is 0 Å². The van der Waals surface area contributed by atoms with Crippen molar-refractivity contribution in [3.05, 3.63) is 0 Å². The third-order valence-electron chi connectivity index (χ3n) is 3.19. The minimum atomic E-state index is -0.0639. The second-order valence-corrected chi connectivity index (χ2v) is 3.98. The van der Waals surface area contributed by atoms with Crippen LogP contribution in [-0.2, 0) is 9.59 Å². The highest BCUT2D eigenvalue weighted by Crippen LogP contribution is 2.32. The number of ketones is 2. The number of Topliss-reactive ketones (excluding diaryl/α,β-unsaturated/α-hetero) is 2. The first-order valence-corrected chi connectivity index (χ1v) is 4.87. The van der Waals surface area contributed by atoms with Gasteiger partial charge in [0, 0.05) is 11.8 Å². The first kappa shape index (κ1) is 7.96. The first-order valence-electron chi connectivity index (χ1n) is 4.87. The molecule has 0 aromatic carbocycles. The smallest absolute Gasteiger partial charge is 0.201 e. The summed E-state index contributed by atoms with van der Waals surface area (Å²) in [5, 5.41) is 0. The quantitative estimate of drug-likeness (QED) is 0.598. The van der Waals surface area contributed by atoms with E-state index in [0.29, 0.717) is 0 Å². The average molecular weight is 166 g/mol. The van der Waals surface area contributed by atoms with Crippen LogP contribution >= 0.6 is 0 Å². The van der Waals surface area contributed by atoms with Crippen molar-refractivity contribution in [2.75, 3.05) is 0 Å². The first-order chi connectivity index (χ1) is 5.79. The van der Waals surface area contributed by atoms with E-state index in [9.17, 15) is 9.59 Å². The molecule has 0 saturated heterocycles. The van der Waals surface area contributed by atoms with Crippen LogP contribution in [0.25, 0.3) is 0 Å². The highest BCUT2D eigenvalue weighted by molar-refractivity contribution is 6.39. The van der Waals surface area contributed by atoms with Crippen molar-refractivity contribution in [3.63, 3.8) is 0 Å². The molecule has 0 heterocycles.